The van der Waals surface area contributed by atoms with Gasteiger partial charge in [-0.05, 0) is 12.1 Å². The minimum Gasteiger partial charge on any atom is -0.495 e. The summed E-state index contributed by atoms with van der Waals surface area (Å²) >= 11 is 12.1. The minimum atomic E-state index is 0. The van der Waals surface area contributed by atoms with Crippen molar-refractivity contribution in [2.75, 3.05) is 46.5 Å². The number of methoxy groups -OCH3 is 1. The Bertz CT molecular complexity index is 443. The first-order valence-corrected chi connectivity index (χ1v) is 7.49. The molecular weight excluding hydrogens is 370 g/mol. The lowest BCUT2D eigenvalue weighted by molar-refractivity contribution is 0.0384. The Kier molecular flexibility index (Phi) is 11.6. The Morgan fingerprint density at radius 1 is 1.23 bits per heavy atom. The van der Waals surface area contributed by atoms with Crippen molar-refractivity contribution in [2.45, 2.75) is 6.54 Å². The lowest BCUT2D eigenvalue weighted by Gasteiger charge is -2.26. The van der Waals surface area contributed by atoms with Crippen LogP contribution in [0.25, 0.3) is 0 Å². The predicted octanol–water partition coefficient (Wildman–Crippen LogP) is 3.27. The SMILES string of the molecule is COc1c(Cl)cc(Cl)cc1CNCCN1CCOCC1.Cl.Cl. The molecular formula is C14H22Cl4N2O2. The standard InChI is InChI=1S/C14H20Cl2N2O2.2ClH/c1-19-14-11(8-12(15)9-13(14)16)10-17-2-3-18-4-6-20-7-5-18;;/h8-9,17H,2-7,10H2,1H3;2*1H. The van der Waals surface area contributed by atoms with E-state index in [1.165, 1.54) is 0 Å². The molecule has 0 saturated carbocycles. The van der Waals surface area contributed by atoms with Crippen molar-refractivity contribution in [3.8, 4) is 5.75 Å². The molecule has 0 atom stereocenters. The molecule has 1 aliphatic heterocycles. The second kappa shape index (κ2) is 11.6. The maximum absolute atomic E-state index is 6.11. The molecule has 1 aromatic carbocycles. The van der Waals surface area contributed by atoms with Crippen molar-refractivity contribution in [1.29, 1.82) is 0 Å². The monoisotopic (exact) mass is 390 g/mol. The van der Waals surface area contributed by atoms with Crippen molar-refractivity contribution >= 4 is 48.0 Å². The van der Waals surface area contributed by atoms with E-state index in [-0.39, 0.29) is 24.8 Å². The lowest BCUT2D eigenvalue weighted by atomic mass is 10.2. The van der Waals surface area contributed by atoms with Crippen molar-refractivity contribution < 1.29 is 9.47 Å². The summed E-state index contributed by atoms with van der Waals surface area (Å²) in [6.45, 7) is 6.29. The van der Waals surface area contributed by atoms with Gasteiger partial charge in [0.2, 0.25) is 0 Å². The number of halogens is 4. The van der Waals surface area contributed by atoms with Crippen LogP contribution in [0.5, 0.6) is 5.75 Å². The number of hydrogen-bond donors (Lipinski definition) is 1. The van der Waals surface area contributed by atoms with E-state index in [2.05, 4.69) is 10.2 Å². The van der Waals surface area contributed by atoms with Crippen LogP contribution in [0.2, 0.25) is 10.0 Å². The normalized spacial score (nSPS) is 14.9. The second-order valence-corrected chi connectivity index (χ2v) is 5.55. The van der Waals surface area contributed by atoms with Crippen LogP contribution in [-0.2, 0) is 11.3 Å². The summed E-state index contributed by atoms with van der Waals surface area (Å²) in [6, 6.07) is 3.58. The molecule has 0 radical (unpaired) electrons. The fraction of sp³-hybridized carbons (Fsp3) is 0.571. The van der Waals surface area contributed by atoms with Crippen LogP contribution >= 0.6 is 48.0 Å². The number of benzene rings is 1. The third kappa shape index (κ3) is 6.67. The summed E-state index contributed by atoms with van der Waals surface area (Å²) in [7, 11) is 1.62. The van der Waals surface area contributed by atoms with Crippen LogP contribution in [0.1, 0.15) is 5.56 Å². The molecule has 0 bridgehead atoms. The highest BCUT2D eigenvalue weighted by Gasteiger charge is 2.11. The zero-order valence-corrected chi connectivity index (χ0v) is 15.6. The lowest BCUT2D eigenvalue weighted by Crippen LogP contribution is -2.40. The van der Waals surface area contributed by atoms with Crippen molar-refractivity contribution in [3.05, 3.63) is 27.7 Å². The van der Waals surface area contributed by atoms with Gasteiger partial charge >= 0.3 is 0 Å². The molecule has 0 aliphatic carbocycles. The highest BCUT2D eigenvalue weighted by molar-refractivity contribution is 6.35. The van der Waals surface area contributed by atoms with Gasteiger partial charge < -0.3 is 14.8 Å². The average Bonchev–Trinajstić information content (AvgIpc) is 2.44. The van der Waals surface area contributed by atoms with Gasteiger partial charge in [0.15, 0.2) is 0 Å². The second-order valence-electron chi connectivity index (χ2n) is 4.71. The highest BCUT2D eigenvalue weighted by Crippen LogP contribution is 2.31. The Morgan fingerprint density at radius 3 is 2.55 bits per heavy atom. The minimum absolute atomic E-state index is 0. The largest absolute Gasteiger partial charge is 0.495 e. The fourth-order valence-electron chi connectivity index (χ4n) is 2.26. The third-order valence-corrected chi connectivity index (χ3v) is 3.81. The van der Waals surface area contributed by atoms with Gasteiger partial charge in [-0.1, -0.05) is 23.2 Å². The molecule has 1 aromatic rings. The average molecular weight is 392 g/mol. The Hall–Kier alpha value is 0.0600. The Morgan fingerprint density at radius 2 is 1.91 bits per heavy atom. The molecule has 1 fully saturated rings. The van der Waals surface area contributed by atoms with Crippen LogP contribution in [0.4, 0.5) is 0 Å². The molecule has 0 aromatic heterocycles. The van der Waals surface area contributed by atoms with Crippen molar-refractivity contribution in [3.63, 3.8) is 0 Å². The van der Waals surface area contributed by atoms with Crippen LogP contribution in [-0.4, -0.2) is 51.4 Å². The summed E-state index contributed by atoms with van der Waals surface area (Å²) in [5, 5.41) is 4.57. The Labute approximate surface area is 154 Å². The van der Waals surface area contributed by atoms with E-state index in [0.717, 1.165) is 45.0 Å². The van der Waals surface area contributed by atoms with Gasteiger partial charge in [-0.25, -0.2) is 0 Å². The van der Waals surface area contributed by atoms with E-state index >= 15 is 0 Å². The van der Waals surface area contributed by atoms with E-state index in [0.29, 0.717) is 22.3 Å². The highest BCUT2D eigenvalue weighted by atomic mass is 35.5. The number of morpholine rings is 1. The van der Waals surface area contributed by atoms with E-state index in [1.54, 1.807) is 13.2 Å². The van der Waals surface area contributed by atoms with Gasteiger partial charge in [-0.2, -0.15) is 0 Å². The first kappa shape index (κ1) is 22.1. The van der Waals surface area contributed by atoms with E-state index in [4.69, 9.17) is 32.7 Å². The number of nitrogens with zero attached hydrogens (tertiary/aromatic N) is 1. The molecule has 2 rings (SSSR count). The van der Waals surface area contributed by atoms with Crippen LogP contribution in [0, 0.1) is 0 Å². The van der Waals surface area contributed by atoms with E-state index < -0.39 is 0 Å². The first-order valence-electron chi connectivity index (χ1n) is 6.73. The third-order valence-electron chi connectivity index (χ3n) is 3.31. The van der Waals surface area contributed by atoms with Gasteiger partial charge in [-0.15, -0.1) is 24.8 Å². The van der Waals surface area contributed by atoms with Crippen LogP contribution < -0.4 is 10.1 Å². The molecule has 4 nitrogen and oxygen atoms in total. The van der Waals surface area contributed by atoms with Gasteiger partial charge in [-0.3, -0.25) is 4.90 Å². The summed E-state index contributed by atoms with van der Waals surface area (Å²) in [5.41, 5.74) is 0.979. The number of ether oxygens (including phenoxy) is 2. The fourth-order valence-corrected chi connectivity index (χ4v) is 2.87. The topological polar surface area (TPSA) is 33.7 Å². The molecule has 128 valence electrons. The maximum Gasteiger partial charge on any atom is 0.142 e. The number of nitrogens with one attached hydrogen (secondary N) is 1. The summed E-state index contributed by atoms with van der Waals surface area (Å²) in [6.07, 6.45) is 0. The van der Waals surface area contributed by atoms with Gasteiger partial charge in [0.25, 0.3) is 0 Å². The summed E-state index contributed by atoms with van der Waals surface area (Å²) < 4.78 is 10.6. The quantitative estimate of drug-likeness (QED) is 0.754. The molecule has 1 N–H and O–H groups in total. The van der Waals surface area contributed by atoms with E-state index in [9.17, 15) is 0 Å². The molecule has 8 heteroatoms. The smallest absolute Gasteiger partial charge is 0.142 e. The van der Waals surface area contributed by atoms with E-state index in [1.807, 2.05) is 6.07 Å². The van der Waals surface area contributed by atoms with Gasteiger partial charge in [0, 0.05) is 43.3 Å². The summed E-state index contributed by atoms with van der Waals surface area (Å²) in [5.74, 6) is 0.690. The molecule has 1 saturated heterocycles. The molecule has 0 spiro atoms. The van der Waals surface area contributed by atoms with Gasteiger partial charge in [0.05, 0.1) is 25.3 Å². The maximum atomic E-state index is 6.11. The van der Waals surface area contributed by atoms with Crippen LogP contribution in [0.3, 0.4) is 0 Å². The molecule has 1 aliphatic rings. The summed E-state index contributed by atoms with van der Waals surface area (Å²) in [4.78, 5) is 2.39. The first-order chi connectivity index (χ1) is 9.70. The Balaban J connectivity index is 0.00000220. The van der Waals surface area contributed by atoms with Crippen molar-refractivity contribution in [1.82, 2.24) is 10.2 Å². The number of rotatable bonds is 6. The molecule has 0 unspecified atom stereocenters. The van der Waals surface area contributed by atoms with Crippen molar-refractivity contribution in [2.24, 2.45) is 0 Å². The molecule has 1 heterocycles. The van der Waals surface area contributed by atoms with Crippen LogP contribution in [0.15, 0.2) is 12.1 Å². The molecule has 0 amide bonds. The zero-order valence-electron chi connectivity index (χ0n) is 12.4. The number of hydrogen-bond acceptors (Lipinski definition) is 4. The van der Waals surface area contributed by atoms with Gasteiger partial charge in [0.1, 0.15) is 5.75 Å². The predicted molar refractivity (Wildman–Crippen MR) is 96.5 cm³/mol. The molecule has 22 heavy (non-hydrogen) atoms. The zero-order chi connectivity index (χ0) is 14.4.